The lowest BCUT2D eigenvalue weighted by Gasteiger charge is -2.09. The van der Waals surface area contributed by atoms with Gasteiger partial charge in [0.15, 0.2) is 0 Å². The zero-order valence-electron chi connectivity index (χ0n) is 13.2. The molecule has 1 rings (SSSR count). The fraction of sp³-hybridized carbons (Fsp3) is 0.500. The van der Waals surface area contributed by atoms with Crippen molar-refractivity contribution in [3.8, 4) is 5.75 Å². The molecule has 5 nitrogen and oxygen atoms in total. The molecule has 0 aliphatic carbocycles. The normalized spacial score (nSPS) is 10.4. The van der Waals surface area contributed by atoms with Crippen LogP contribution in [0.2, 0.25) is 0 Å². The molecule has 0 bridgehead atoms. The fourth-order valence-electron chi connectivity index (χ4n) is 1.80. The first kappa shape index (κ1) is 18.5. The Hall–Kier alpha value is -1.56. The van der Waals surface area contributed by atoms with E-state index in [4.69, 9.17) is 4.74 Å². The number of aryl methyl sites for hydroxylation is 1. The van der Waals surface area contributed by atoms with Gasteiger partial charge in [0, 0.05) is 25.4 Å². The van der Waals surface area contributed by atoms with Gasteiger partial charge in [-0.1, -0.05) is 19.9 Å². The lowest BCUT2D eigenvalue weighted by Crippen LogP contribution is -2.36. The van der Waals surface area contributed by atoms with Gasteiger partial charge in [0.05, 0.1) is 11.6 Å². The number of rotatable bonds is 8. The molecule has 0 atom stereocenters. The lowest BCUT2D eigenvalue weighted by atomic mass is 10.1. The van der Waals surface area contributed by atoms with E-state index in [0.29, 0.717) is 25.9 Å². The molecule has 0 saturated carbocycles. The fourth-order valence-corrected chi connectivity index (χ4v) is 2.39. The Morgan fingerprint density at radius 2 is 1.91 bits per heavy atom. The second-order valence-electron chi connectivity index (χ2n) is 5.26. The molecule has 1 aromatic carbocycles. The number of methoxy groups -OCH3 is 1. The molecule has 0 saturated heterocycles. The number of amides is 2. The summed E-state index contributed by atoms with van der Waals surface area (Å²) in [5, 5.41) is 5.55. The topological polar surface area (TPSA) is 67.4 Å². The number of carbonyl (C=O) groups is 2. The van der Waals surface area contributed by atoms with Gasteiger partial charge in [-0.05, 0) is 40.0 Å². The molecule has 1 aromatic rings. The summed E-state index contributed by atoms with van der Waals surface area (Å²) < 4.78 is 6.05. The van der Waals surface area contributed by atoms with Crippen LogP contribution >= 0.6 is 15.9 Å². The van der Waals surface area contributed by atoms with Crippen molar-refractivity contribution in [2.75, 3.05) is 20.2 Å². The van der Waals surface area contributed by atoms with Crippen molar-refractivity contribution < 1.29 is 14.3 Å². The maximum atomic E-state index is 11.7. The minimum absolute atomic E-state index is 0.00247. The molecule has 2 amide bonds. The Bertz CT molecular complexity index is 518. The summed E-state index contributed by atoms with van der Waals surface area (Å²) in [7, 11) is 1.62. The third-order valence-electron chi connectivity index (χ3n) is 3.13. The third kappa shape index (κ3) is 6.47. The molecule has 2 N–H and O–H groups in total. The predicted octanol–water partition coefficient (Wildman–Crippen LogP) is 2.28. The predicted molar refractivity (Wildman–Crippen MR) is 89.9 cm³/mol. The van der Waals surface area contributed by atoms with Gasteiger partial charge < -0.3 is 15.4 Å². The standard InChI is InChI=1S/C16H23BrN2O3/c1-11(2)16(21)19-9-8-18-15(20)7-5-12-4-6-14(22-3)13(17)10-12/h4,6,10-11H,5,7-9H2,1-3H3,(H,18,20)(H,19,21). The summed E-state index contributed by atoms with van der Waals surface area (Å²) >= 11 is 3.42. The molecule has 0 fully saturated rings. The van der Waals surface area contributed by atoms with Crippen LogP contribution in [-0.2, 0) is 16.0 Å². The molecule has 0 spiro atoms. The van der Waals surface area contributed by atoms with E-state index in [-0.39, 0.29) is 17.7 Å². The van der Waals surface area contributed by atoms with Gasteiger partial charge in [0.1, 0.15) is 5.75 Å². The van der Waals surface area contributed by atoms with Crippen LogP contribution in [0, 0.1) is 5.92 Å². The summed E-state index contributed by atoms with van der Waals surface area (Å²) in [6.45, 7) is 4.57. The number of carbonyl (C=O) groups excluding carboxylic acids is 2. The van der Waals surface area contributed by atoms with E-state index in [9.17, 15) is 9.59 Å². The largest absolute Gasteiger partial charge is 0.496 e. The number of halogens is 1. The quantitative estimate of drug-likeness (QED) is 0.689. The van der Waals surface area contributed by atoms with Crippen molar-refractivity contribution >= 4 is 27.7 Å². The number of hydrogen-bond donors (Lipinski definition) is 2. The Morgan fingerprint density at radius 3 is 2.50 bits per heavy atom. The van der Waals surface area contributed by atoms with Crippen molar-refractivity contribution in [1.29, 1.82) is 0 Å². The van der Waals surface area contributed by atoms with Crippen LogP contribution in [0.15, 0.2) is 22.7 Å². The van der Waals surface area contributed by atoms with E-state index in [0.717, 1.165) is 15.8 Å². The van der Waals surface area contributed by atoms with Gasteiger partial charge in [0.2, 0.25) is 11.8 Å². The minimum Gasteiger partial charge on any atom is -0.496 e. The molecule has 122 valence electrons. The van der Waals surface area contributed by atoms with Crippen LogP contribution in [0.1, 0.15) is 25.8 Å². The molecule has 0 unspecified atom stereocenters. The Kier molecular flexibility index (Phi) is 7.95. The summed E-state index contributed by atoms with van der Waals surface area (Å²) in [5.74, 6) is 0.710. The minimum atomic E-state index is -0.0378. The second-order valence-corrected chi connectivity index (χ2v) is 6.12. The van der Waals surface area contributed by atoms with E-state index in [1.54, 1.807) is 7.11 Å². The van der Waals surface area contributed by atoms with Crippen LogP contribution in [0.4, 0.5) is 0 Å². The molecule has 0 aromatic heterocycles. The maximum absolute atomic E-state index is 11.7. The number of nitrogens with one attached hydrogen (secondary N) is 2. The number of hydrogen-bond acceptors (Lipinski definition) is 3. The molecular weight excluding hydrogens is 348 g/mol. The highest BCUT2D eigenvalue weighted by Gasteiger charge is 2.07. The number of ether oxygens (including phenoxy) is 1. The van der Waals surface area contributed by atoms with E-state index < -0.39 is 0 Å². The van der Waals surface area contributed by atoms with Gasteiger partial charge >= 0.3 is 0 Å². The first-order valence-electron chi connectivity index (χ1n) is 7.31. The highest BCUT2D eigenvalue weighted by molar-refractivity contribution is 9.10. The van der Waals surface area contributed by atoms with Crippen LogP contribution in [0.25, 0.3) is 0 Å². The van der Waals surface area contributed by atoms with Gasteiger partial charge in [0.25, 0.3) is 0 Å². The Morgan fingerprint density at radius 1 is 1.23 bits per heavy atom. The van der Waals surface area contributed by atoms with E-state index in [1.165, 1.54) is 0 Å². The third-order valence-corrected chi connectivity index (χ3v) is 3.75. The van der Waals surface area contributed by atoms with Crippen LogP contribution in [-0.4, -0.2) is 32.0 Å². The average molecular weight is 371 g/mol. The van der Waals surface area contributed by atoms with Crippen molar-refractivity contribution in [1.82, 2.24) is 10.6 Å². The molecule has 0 aliphatic heterocycles. The summed E-state index contributed by atoms with van der Waals surface area (Å²) in [6, 6.07) is 5.77. The summed E-state index contributed by atoms with van der Waals surface area (Å²) in [5.41, 5.74) is 1.07. The van der Waals surface area contributed by atoms with Gasteiger partial charge in [-0.2, -0.15) is 0 Å². The average Bonchev–Trinajstić information content (AvgIpc) is 2.49. The van der Waals surface area contributed by atoms with Crippen molar-refractivity contribution in [2.45, 2.75) is 26.7 Å². The smallest absolute Gasteiger partial charge is 0.222 e. The van der Waals surface area contributed by atoms with Crippen molar-refractivity contribution in [3.05, 3.63) is 28.2 Å². The summed E-state index contributed by atoms with van der Waals surface area (Å²) in [6.07, 6.45) is 1.07. The first-order chi connectivity index (χ1) is 10.4. The van der Waals surface area contributed by atoms with E-state index in [1.807, 2.05) is 32.0 Å². The Labute approximate surface area is 139 Å². The Balaban J connectivity index is 2.26. The highest BCUT2D eigenvalue weighted by atomic mass is 79.9. The van der Waals surface area contributed by atoms with E-state index in [2.05, 4.69) is 26.6 Å². The first-order valence-corrected chi connectivity index (χ1v) is 8.10. The number of benzene rings is 1. The van der Waals surface area contributed by atoms with Gasteiger partial charge in [-0.25, -0.2) is 0 Å². The van der Waals surface area contributed by atoms with Gasteiger partial charge in [-0.3, -0.25) is 9.59 Å². The van der Waals surface area contributed by atoms with Crippen molar-refractivity contribution in [3.63, 3.8) is 0 Å². The molecular formula is C16H23BrN2O3. The SMILES string of the molecule is COc1ccc(CCC(=O)NCCNC(=O)C(C)C)cc1Br. The zero-order chi connectivity index (χ0) is 16.5. The summed E-state index contributed by atoms with van der Waals surface area (Å²) in [4.78, 5) is 23.1. The van der Waals surface area contributed by atoms with Gasteiger partial charge in [-0.15, -0.1) is 0 Å². The van der Waals surface area contributed by atoms with Crippen molar-refractivity contribution in [2.24, 2.45) is 5.92 Å². The zero-order valence-corrected chi connectivity index (χ0v) is 14.8. The molecule has 0 radical (unpaired) electrons. The monoisotopic (exact) mass is 370 g/mol. The highest BCUT2D eigenvalue weighted by Crippen LogP contribution is 2.25. The van der Waals surface area contributed by atoms with E-state index >= 15 is 0 Å². The van der Waals surface area contributed by atoms with Crippen LogP contribution < -0.4 is 15.4 Å². The molecule has 22 heavy (non-hydrogen) atoms. The molecule has 6 heteroatoms. The second kappa shape index (κ2) is 9.46. The lowest BCUT2D eigenvalue weighted by molar-refractivity contribution is -0.124. The maximum Gasteiger partial charge on any atom is 0.222 e. The van der Waals surface area contributed by atoms with Crippen LogP contribution in [0.5, 0.6) is 5.75 Å². The molecule has 0 aliphatic rings. The van der Waals surface area contributed by atoms with Crippen LogP contribution in [0.3, 0.4) is 0 Å². The molecule has 0 heterocycles.